The van der Waals surface area contributed by atoms with Crippen molar-refractivity contribution in [2.75, 3.05) is 12.1 Å². The van der Waals surface area contributed by atoms with E-state index in [4.69, 9.17) is 9.47 Å². The number of ketones is 1. The second kappa shape index (κ2) is 5.11. The van der Waals surface area contributed by atoms with Gasteiger partial charge in [-0.1, -0.05) is 19.9 Å². The van der Waals surface area contributed by atoms with Crippen molar-refractivity contribution >= 4 is 22.8 Å². The van der Waals surface area contributed by atoms with E-state index >= 15 is 0 Å². The van der Waals surface area contributed by atoms with Gasteiger partial charge in [0.2, 0.25) is 6.79 Å². The number of ether oxygens (including phenoxy) is 2. The molecule has 0 amide bonds. The van der Waals surface area contributed by atoms with Gasteiger partial charge in [-0.3, -0.25) is 4.79 Å². The van der Waals surface area contributed by atoms with Gasteiger partial charge in [0, 0.05) is 34.3 Å². The van der Waals surface area contributed by atoms with Gasteiger partial charge < -0.3 is 14.8 Å². The number of fused-ring (bicyclic) bond motifs is 2. The molecule has 0 unspecified atom stereocenters. The number of carbonyl (C=O) groups excluding carboxylic acids is 1. The van der Waals surface area contributed by atoms with Crippen LogP contribution in [-0.2, 0) is 4.79 Å². The monoisotopic (exact) mass is 353 g/mol. The van der Waals surface area contributed by atoms with Crippen LogP contribution in [0.1, 0.15) is 43.0 Å². The van der Waals surface area contributed by atoms with E-state index in [0.29, 0.717) is 6.42 Å². The summed E-state index contributed by atoms with van der Waals surface area (Å²) >= 11 is 1.70. The second-order valence-electron chi connectivity index (χ2n) is 7.70. The number of rotatable bonds is 1. The maximum atomic E-state index is 13.0. The summed E-state index contributed by atoms with van der Waals surface area (Å²) < 4.78 is 11.1. The fraction of sp³-hybridized carbons (Fsp3) is 0.350. The fourth-order valence-corrected chi connectivity index (χ4v) is 5.01. The zero-order chi connectivity index (χ0) is 17.2. The molecule has 5 rings (SSSR count). The number of thiophene rings is 1. The summed E-state index contributed by atoms with van der Waals surface area (Å²) in [6.45, 7) is 4.57. The largest absolute Gasteiger partial charge is 0.454 e. The maximum absolute atomic E-state index is 13.0. The van der Waals surface area contributed by atoms with Crippen molar-refractivity contribution in [2.24, 2.45) is 5.41 Å². The molecule has 0 saturated heterocycles. The van der Waals surface area contributed by atoms with E-state index < -0.39 is 0 Å². The first-order valence-electron chi connectivity index (χ1n) is 8.52. The zero-order valence-electron chi connectivity index (χ0n) is 14.2. The van der Waals surface area contributed by atoms with Gasteiger partial charge in [0.25, 0.3) is 0 Å². The summed E-state index contributed by atoms with van der Waals surface area (Å²) in [5.74, 6) is 1.75. The Bertz CT molecular complexity index is 911. The van der Waals surface area contributed by atoms with Crippen LogP contribution in [0.15, 0.2) is 40.9 Å². The van der Waals surface area contributed by atoms with E-state index in [2.05, 4.69) is 30.6 Å². The summed E-state index contributed by atoms with van der Waals surface area (Å²) in [6.07, 6.45) is 1.47. The van der Waals surface area contributed by atoms with Gasteiger partial charge in [-0.25, -0.2) is 0 Å². The molecule has 2 aliphatic heterocycles. The van der Waals surface area contributed by atoms with Gasteiger partial charge in [-0.05, 0) is 34.9 Å². The molecule has 1 atom stereocenters. The third kappa shape index (κ3) is 2.29. The second-order valence-corrected chi connectivity index (χ2v) is 8.68. The minimum atomic E-state index is -0.0238. The average molecular weight is 353 g/mol. The Morgan fingerprint density at radius 1 is 1.20 bits per heavy atom. The van der Waals surface area contributed by atoms with Crippen LogP contribution < -0.4 is 14.8 Å². The molecule has 5 heteroatoms. The molecule has 3 heterocycles. The number of anilines is 1. The SMILES string of the molecule is CC1(C)CC(=O)C2=C(C1)Nc1cc3c(cc1[C@H]2c1cccs1)OCO3. The highest BCUT2D eigenvalue weighted by Gasteiger charge is 2.41. The number of hydrogen-bond acceptors (Lipinski definition) is 5. The van der Waals surface area contributed by atoms with Crippen LogP contribution in [0, 0.1) is 5.41 Å². The predicted molar refractivity (Wildman–Crippen MR) is 97.4 cm³/mol. The van der Waals surface area contributed by atoms with E-state index in [-0.39, 0.29) is 23.9 Å². The quantitative estimate of drug-likeness (QED) is 0.809. The van der Waals surface area contributed by atoms with E-state index in [1.54, 1.807) is 11.3 Å². The molecular weight excluding hydrogens is 334 g/mol. The van der Waals surface area contributed by atoms with Crippen LogP contribution in [0.4, 0.5) is 5.69 Å². The number of allylic oxidation sites excluding steroid dienone is 2. The summed E-state index contributed by atoms with van der Waals surface area (Å²) in [7, 11) is 0. The van der Waals surface area contributed by atoms with Crippen molar-refractivity contribution in [1.82, 2.24) is 0 Å². The van der Waals surface area contributed by atoms with Gasteiger partial charge in [0.15, 0.2) is 17.3 Å². The van der Waals surface area contributed by atoms with Crippen molar-refractivity contribution in [3.63, 3.8) is 0 Å². The zero-order valence-corrected chi connectivity index (χ0v) is 15.0. The normalized spacial score (nSPS) is 23.1. The first kappa shape index (κ1) is 15.0. The molecule has 0 radical (unpaired) electrons. The molecular formula is C20H19NO3S. The average Bonchev–Trinajstić information content (AvgIpc) is 3.20. The topological polar surface area (TPSA) is 47.6 Å². The summed E-state index contributed by atoms with van der Waals surface area (Å²) in [6, 6.07) is 8.21. The molecule has 0 saturated carbocycles. The van der Waals surface area contributed by atoms with Crippen LogP contribution >= 0.6 is 11.3 Å². The molecule has 0 bridgehead atoms. The Kier molecular flexibility index (Phi) is 3.07. The molecule has 1 aromatic heterocycles. The van der Waals surface area contributed by atoms with E-state index in [9.17, 15) is 4.79 Å². The number of benzene rings is 1. The van der Waals surface area contributed by atoms with Crippen LogP contribution in [-0.4, -0.2) is 12.6 Å². The molecule has 0 fully saturated rings. The predicted octanol–water partition coefficient (Wildman–Crippen LogP) is 4.68. The van der Waals surface area contributed by atoms with Crippen LogP contribution in [0.2, 0.25) is 0 Å². The smallest absolute Gasteiger partial charge is 0.231 e. The highest BCUT2D eigenvalue weighted by molar-refractivity contribution is 7.10. The summed E-state index contributed by atoms with van der Waals surface area (Å²) in [4.78, 5) is 14.2. The standard InChI is InChI=1S/C20H19NO3S/c1-20(2)8-13-19(14(22)9-20)18(17-4-3-5-25-17)11-6-15-16(24-10-23-15)7-12(11)21-13/h3-7,18,21H,8-10H2,1-2H3/t18-/m0/s1. The van der Waals surface area contributed by atoms with Gasteiger partial charge in [-0.2, -0.15) is 0 Å². The lowest BCUT2D eigenvalue weighted by atomic mass is 9.70. The molecule has 1 aromatic carbocycles. The molecule has 128 valence electrons. The van der Waals surface area contributed by atoms with Crippen LogP contribution in [0.25, 0.3) is 0 Å². The highest BCUT2D eigenvalue weighted by Crippen LogP contribution is 2.52. The Morgan fingerprint density at radius 3 is 2.76 bits per heavy atom. The van der Waals surface area contributed by atoms with Crippen molar-refractivity contribution < 1.29 is 14.3 Å². The third-order valence-corrected chi connectivity index (χ3v) is 6.11. The first-order chi connectivity index (χ1) is 12.0. The van der Waals surface area contributed by atoms with Gasteiger partial charge in [0.05, 0.1) is 5.92 Å². The van der Waals surface area contributed by atoms with E-state index in [1.165, 1.54) is 4.88 Å². The fourth-order valence-electron chi connectivity index (χ4n) is 4.16. The molecule has 1 aliphatic carbocycles. The van der Waals surface area contributed by atoms with E-state index in [1.807, 2.05) is 18.2 Å². The highest BCUT2D eigenvalue weighted by atomic mass is 32.1. The summed E-state index contributed by atoms with van der Waals surface area (Å²) in [5.41, 5.74) is 4.08. The third-order valence-electron chi connectivity index (χ3n) is 5.18. The Balaban J connectivity index is 1.73. The summed E-state index contributed by atoms with van der Waals surface area (Å²) in [5, 5.41) is 5.61. The Morgan fingerprint density at radius 2 is 2.00 bits per heavy atom. The molecule has 3 aliphatic rings. The molecule has 0 spiro atoms. The Hall–Kier alpha value is -2.27. The number of hydrogen-bond donors (Lipinski definition) is 1. The minimum Gasteiger partial charge on any atom is -0.454 e. The number of Topliss-reactive ketones (excluding diaryl/α,β-unsaturated/α-hetero) is 1. The lowest BCUT2D eigenvalue weighted by Crippen LogP contribution is -2.33. The molecule has 1 N–H and O–H groups in total. The van der Waals surface area contributed by atoms with Gasteiger partial charge in [0.1, 0.15) is 0 Å². The van der Waals surface area contributed by atoms with Crippen LogP contribution in [0.3, 0.4) is 0 Å². The molecule has 2 aromatic rings. The molecule has 25 heavy (non-hydrogen) atoms. The van der Waals surface area contributed by atoms with Gasteiger partial charge in [-0.15, -0.1) is 11.3 Å². The van der Waals surface area contributed by atoms with Crippen LogP contribution in [0.5, 0.6) is 11.5 Å². The maximum Gasteiger partial charge on any atom is 0.231 e. The number of nitrogens with one attached hydrogen (secondary N) is 1. The minimum absolute atomic E-state index is 0.0171. The lowest BCUT2D eigenvalue weighted by molar-refractivity contribution is -0.118. The lowest BCUT2D eigenvalue weighted by Gasteiger charge is -2.39. The molecule has 4 nitrogen and oxygen atoms in total. The van der Waals surface area contributed by atoms with Crippen molar-refractivity contribution in [1.29, 1.82) is 0 Å². The van der Waals surface area contributed by atoms with Crippen molar-refractivity contribution in [3.05, 3.63) is 51.4 Å². The number of carbonyl (C=O) groups is 1. The Labute approximate surface area is 150 Å². The first-order valence-corrected chi connectivity index (χ1v) is 9.40. The van der Waals surface area contributed by atoms with Crippen molar-refractivity contribution in [3.8, 4) is 11.5 Å². The van der Waals surface area contributed by atoms with Crippen molar-refractivity contribution in [2.45, 2.75) is 32.6 Å². The van der Waals surface area contributed by atoms with Gasteiger partial charge >= 0.3 is 0 Å². The van der Waals surface area contributed by atoms with E-state index in [0.717, 1.165) is 40.4 Å².